The van der Waals surface area contributed by atoms with Gasteiger partial charge >= 0.3 is 0 Å². The molecule has 0 saturated carbocycles. The molecule has 1 atom stereocenters. The van der Waals surface area contributed by atoms with Crippen molar-refractivity contribution in [1.29, 1.82) is 0 Å². The van der Waals surface area contributed by atoms with Crippen molar-refractivity contribution in [2.45, 2.75) is 33.4 Å². The third-order valence-electron chi connectivity index (χ3n) is 5.41. The van der Waals surface area contributed by atoms with Gasteiger partial charge in [0.15, 0.2) is 0 Å². The van der Waals surface area contributed by atoms with Crippen LogP contribution in [-0.2, 0) is 11.3 Å². The smallest absolute Gasteiger partial charge is 0.251 e. The summed E-state index contributed by atoms with van der Waals surface area (Å²) < 4.78 is 5.28. The zero-order chi connectivity index (χ0) is 22.5. The number of rotatable bonds is 7. The van der Waals surface area contributed by atoms with Gasteiger partial charge in [0.1, 0.15) is 11.8 Å². The molecule has 0 bridgehead atoms. The summed E-state index contributed by atoms with van der Waals surface area (Å²) >= 11 is 0. The maximum Gasteiger partial charge on any atom is 0.251 e. The van der Waals surface area contributed by atoms with Crippen molar-refractivity contribution in [3.8, 4) is 5.75 Å². The van der Waals surface area contributed by atoms with Crippen LogP contribution in [0.5, 0.6) is 5.75 Å². The Kier molecular flexibility index (Phi) is 6.95. The van der Waals surface area contributed by atoms with Crippen LogP contribution in [0.3, 0.4) is 0 Å². The number of benzene rings is 3. The summed E-state index contributed by atoms with van der Waals surface area (Å²) in [5.41, 5.74) is 2.60. The number of hydrogen-bond donors (Lipinski definition) is 1. The van der Waals surface area contributed by atoms with Gasteiger partial charge in [0.2, 0.25) is 5.91 Å². The van der Waals surface area contributed by atoms with E-state index >= 15 is 0 Å². The van der Waals surface area contributed by atoms with E-state index in [1.54, 1.807) is 25.1 Å². The molecule has 162 valence electrons. The van der Waals surface area contributed by atoms with Crippen molar-refractivity contribution >= 4 is 22.6 Å². The maximum atomic E-state index is 13.2. The van der Waals surface area contributed by atoms with Crippen molar-refractivity contribution in [3.05, 3.63) is 77.4 Å². The summed E-state index contributed by atoms with van der Waals surface area (Å²) in [7, 11) is 3.42. The Morgan fingerprint density at radius 2 is 1.71 bits per heavy atom. The number of methoxy groups -OCH3 is 1. The first-order chi connectivity index (χ1) is 14.8. The lowest BCUT2D eigenvalue weighted by Crippen LogP contribution is -2.50. The van der Waals surface area contributed by atoms with Crippen LogP contribution < -0.4 is 10.1 Å². The number of likely N-dealkylation sites (N-methyl/N-ethyl adjacent to an activating group) is 1. The van der Waals surface area contributed by atoms with E-state index in [1.165, 1.54) is 0 Å². The van der Waals surface area contributed by atoms with Crippen LogP contribution in [0.1, 0.15) is 35.3 Å². The zero-order valence-electron chi connectivity index (χ0n) is 18.8. The number of nitrogens with zero attached hydrogens (tertiary/aromatic N) is 1. The predicted molar refractivity (Wildman–Crippen MR) is 124 cm³/mol. The van der Waals surface area contributed by atoms with E-state index in [2.05, 4.69) is 11.4 Å². The highest BCUT2D eigenvalue weighted by Crippen LogP contribution is 2.22. The summed E-state index contributed by atoms with van der Waals surface area (Å²) in [5.74, 6) is 0.444. The molecule has 3 aromatic rings. The highest BCUT2D eigenvalue weighted by atomic mass is 16.5. The van der Waals surface area contributed by atoms with Gasteiger partial charge in [0, 0.05) is 19.2 Å². The fraction of sp³-hybridized carbons (Fsp3) is 0.308. The minimum atomic E-state index is -0.595. The first kappa shape index (κ1) is 22.3. The second-order valence-corrected chi connectivity index (χ2v) is 8.31. The zero-order valence-corrected chi connectivity index (χ0v) is 18.8. The Morgan fingerprint density at radius 1 is 1.00 bits per heavy atom. The molecule has 0 radical (unpaired) electrons. The first-order valence-electron chi connectivity index (χ1n) is 10.5. The molecular weight excluding hydrogens is 388 g/mol. The van der Waals surface area contributed by atoms with E-state index in [-0.39, 0.29) is 17.7 Å². The van der Waals surface area contributed by atoms with Gasteiger partial charge in [-0.3, -0.25) is 9.59 Å². The minimum Gasteiger partial charge on any atom is -0.497 e. The predicted octanol–water partition coefficient (Wildman–Crippen LogP) is 4.57. The van der Waals surface area contributed by atoms with Crippen LogP contribution in [0, 0.1) is 12.8 Å². The van der Waals surface area contributed by atoms with Crippen LogP contribution in [0.4, 0.5) is 0 Å². The van der Waals surface area contributed by atoms with Crippen LogP contribution in [0.25, 0.3) is 10.8 Å². The van der Waals surface area contributed by atoms with Gasteiger partial charge in [0.25, 0.3) is 5.91 Å². The Balaban J connectivity index is 1.72. The Morgan fingerprint density at radius 3 is 2.39 bits per heavy atom. The fourth-order valence-electron chi connectivity index (χ4n) is 3.61. The number of fused-ring (bicyclic) bond motifs is 1. The molecule has 5 nitrogen and oxygen atoms in total. The van der Waals surface area contributed by atoms with Gasteiger partial charge in [-0.1, -0.05) is 49.7 Å². The van der Waals surface area contributed by atoms with Crippen LogP contribution in [0.15, 0.2) is 60.7 Å². The molecule has 0 aromatic heterocycles. The Hall–Kier alpha value is -3.34. The molecule has 0 aliphatic carbocycles. The maximum absolute atomic E-state index is 13.2. The average molecular weight is 419 g/mol. The molecule has 3 aromatic carbocycles. The molecule has 0 aliphatic rings. The molecule has 2 amide bonds. The summed E-state index contributed by atoms with van der Waals surface area (Å²) in [4.78, 5) is 27.5. The van der Waals surface area contributed by atoms with Crippen molar-refractivity contribution in [3.63, 3.8) is 0 Å². The molecule has 31 heavy (non-hydrogen) atoms. The largest absolute Gasteiger partial charge is 0.497 e. The van der Waals surface area contributed by atoms with Crippen molar-refractivity contribution in [2.75, 3.05) is 14.2 Å². The fourth-order valence-corrected chi connectivity index (χ4v) is 3.61. The SMILES string of the molecule is COc1ccc2cc(CN(C)C(=O)C(NC(=O)c3cccc(C)c3)C(C)C)ccc2c1. The molecule has 0 heterocycles. The van der Waals surface area contributed by atoms with Crippen molar-refractivity contribution in [1.82, 2.24) is 10.2 Å². The van der Waals surface area contributed by atoms with Gasteiger partial charge in [-0.2, -0.15) is 0 Å². The average Bonchev–Trinajstić information content (AvgIpc) is 2.76. The molecule has 0 aliphatic heterocycles. The van der Waals surface area contributed by atoms with Gasteiger partial charge in [0.05, 0.1) is 7.11 Å². The third-order valence-corrected chi connectivity index (χ3v) is 5.41. The molecule has 1 unspecified atom stereocenters. The number of aryl methyl sites for hydroxylation is 1. The topological polar surface area (TPSA) is 58.6 Å². The number of ether oxygens (including phenoxy) is 1. The molecular formula is C26H30N2O3. The van der Waals surface area contributed by atoms with Gasteiger partial charge in [-0.25, -0.2) is 0 Å². The lowest BCUT2D eigenvalue weighted by atomic mass is 10.0. The monoisotopic (exact) mass is 418 g/mol. The number of carbonyl (C=O) groups excluding carboxylic acids is 2. The highest BCUT2D eigenvalue weighted by Gasteiger charge is 2.27. The second-order valence-electron chi connectivity index (χ2n) is 8.31. The van der Waals surface area contributed by atoms with E-state index < -0.39 is 6.04 Å². The lowest BCUT2D eigenvalue weighted by Gasteiger charge is -2.27. The lowest BCUT2D eigenvalue weighted by molar-refractivity contribution is -0.133. The quantitative estimate of drug-likeness (QED) is 0.611. The van der Waals surface area contributed by atoms with Crippen molar-refractivity contribution < 1.29 is 14.3 Å². The molecule has 0 saturated heterocycles. The van der Waals surface area contributed by atoms with Crippen molar-refractivity contribution in [2.24, 2.45) is 5.92 Å². The Labute approximate surface area is 184 Å². The minimum absolute atomic E-state index is 0.0345. The summed E-state index contributed by atoms with van der Waals surface area (Å²) in [6.07, 6.45) is 0. The number of carbonyl (C=O) groups is 2. The van der Waals surface area contributed by atoms with Gasteiger partial charge in [-0.15, -0.1) is 0 Å². The highest BCUT2D eigenvalue weighted by molar-refractivity contribution is 5.97. The van der Waals surface area contributed by atoms with Crippen LogP contribution in [-0.4, -0.2) is 36.9 Å². The van der Waals surface area contributed by atoms with E-state index in [9.17, 15) is 9.59 Å². The van der Waals surface area contributed by atoms with E-state index in [4.69, 9.17) is 4.74 Å². The first-order valence-corrected chi connectivity index (χ1v) is 10.5. The molecule has 1 N–H and O–H groups in total. The summed E-state index contributed by atoms with van der Waals surface area (Å²) in [5, 5.41) is 5.10. The second kappa shape index (κ2) is 9.65. The summed E-state index contributed by atoms with van der Waals surface area (Å²) in [6, 6.07) is 18.8. The molecule has 0 fully saturated rings. The standard InChI is InChI=1S/C26H30N2O3/c1-17(2)24(27-25(29)22-8-6-7-18(3)13-22)26(30)28(4)16-19-9-10-21-15-23(31-5)12-11-20(21)14-19/h6-15,17,24H,16H2,1-5H3,(H,27,29). The van der Waals surface area contributed by atoms with Crippen LogP contribution >= 0.6 is 0 Å². The molecule has 0 spiro atoms. The number of hydrogen-bond acceptors (Lipinski definition) is 3. The van der Waals surface area contributed by atoms with E-state index in [0.717, 1.165) is 27.6 Å². The van der Waals surface area contributed by atoms with Gasteiger partial charge in [-0.05, 0) is 59.5 Å². The van der Waals surface area contributed by atoms with Gasteiger partial charge < -0.3 is 15.0 Å². The normalized spacial score (nSPS) is 11.9. The Bertz CT molecular complexity index is 1090. The molecule has 3 rings (SSSR count). The number of amides is 2. The van der Waals surface area contributed by atoms with E-state index in [0.29, 0.717) is 12.1 Å². The molecule has 5 heteroatoms. The van der Waals surface area contributed by atoms with E-state index in [1.807, 2.05) is 69.3 Å². The third kappa shape index (κ3) is 5.43. The summed E-state index contributed by atoms with van der Waals surface area (Å²) in [6.45, 7) is 6.28. The van der Waals surface area contributed by atoms with Crippen LogP contribution in [0.2, 0.25) is 0 Å². The number of nitrogens with one attached hydrogen (secondary N) is 1.